The van der Waals surface area contributed by atoms with Crippen molar-refractivity contribution in [2.75, 3.05) is 5.32 Å². The van der Waals surface area contributed by atoms with Gasteiger partial charge in [0, 0.05) is 21.8 Å². The van der Waals surface area contributed by atoms with E-state index in [1.807, 2.05) is 0 Å². The number of hydrogen-bond donors (Lipinski definition) is 1. The first-order valence-electron chi connectivity index (χ1n) is 8.17. The van der Waals surface area contributed by atoms with E-state index >= 15 is 0 Å². The van der Waals surface area contributed by atoms with Crippen LogP contribution in [0, 0.1) is 12.7 Å². The fourth-order valence-corrected chi connectivity index (χ4v) is 2.94. The topological polar surface area (TPSA) is 56.1 Å². The van der Waals surface area contributed by atoms with E-state index in [2.05, 4.69) is 31.1 Å². The van der Waals surface area contributed by atoms with Crippen molar-refractivity contribution in [3.8, 4) is 5.75 Å². The van der Waals surface area contributed by atoms with Crippen molar-refractivity contribution in [2.24, 2.45) is 0 Å². The maximum atomic E-state index is 13.8. The van der Waals surface area contributed by atoms with Crippen LogP contribution >= 0.6 is 15.9 Å². The van der Waals surface area contributed by atoms with E-state index in [0.717, 1.165) is 0 Å². The minimum absolute atomic E-state index is 0.0732. The normalized spacial score (nSPS) is 10.9. The molecule has 0 aliphatic carbocycles. The van der Waals surface area contributed by atoms with Gasteiger partial charge in [0.2, 0.25) is 0 Å². The van der Waals surface area contributed by atoms with Gasteiger partial charge in [-0.25, -0.2) is 4.39 Å². The summed E-state index contributed by atoms with van der Waals surface area (Å²) in [5.74, 6) is -1.06. The van der Waals surface area contributed by atoms with Crippen LogP contribution in [0.2, 0.25) is 0 Å². The standard InChI is InChI=1S/C19H15BrF3N3O2/c1-11-8-17(25-26(11)10-12-4-2-3-5-15(12)21)24-18(27)14-9-13(20)6-7-16(14)28-19(22)23/h2-9,19H,10H2,1H3,(H,24,25,27). The molecule has 1 amide bonds. The van der Waals surface area contributed by atoms with Gasteiger partial charge in [-0.1, -0.05) is 34.1 Å². The zero-order valence-electron chi connectivity index (χ0n) is 14.6. The SMILES string of the molecule is Cc1cc(NC(=O)c2cc(Br)ccc2OC(F)F)nn1Cc1ccccc1F. The van der Waals surface area contributed by atoms with Crippen molar-refractivity contribution in [3.05, 3.63) is 75.6 Å². The Balaban J connectivity index is 1.80. The summed E-state index contributed by atoms with van der Waals surface area (Å²) in [6.45, 7) is -1.12. The second-order valence-electron chi connectivity index (χ2n) is 5.89. The summed E-state index contributed by atoms with van der Waals surface area (Å²) in [4.78, 5) is 12.5. The lowest BCUT2D eigenvalue weighted by Gasteiger charge is -2.10. The third-order valence-corrected chi connectivity index (χ3v) is 4.40. The Kier molecular flexibility index (Phi) is 6.03. The summed E-state index contributed by atoms with van der Waals surface area (Å²) < 4.78 is 45.5. The van der Waals surface area contributed by atoms with Gasteiger partial charge in [-0.3, -0.25) is 9.48 Å². The zero-order valence-corrected chi connectivity index (χ0v) is 16.2. The lowest BCUT2D eigenvalue weighted by molar-refractivity contribution is -0.0501. The van der Waals surface area contributed by atoms with Gasteiger partial charge in [0.25, 0.3) is 5.91 Å². The molecular formula is C19H15BrF3N3O2. The van der Waals surface area contributed by atoms with E-state index in [9.17, 15) is 18.0 Å². The van der Waals surface area contributed by atoms with Gasteiger partial charge in [0.15, 0.2) is 5.82 Å². The van der Waals surface area contributed by atoms with Crippen LogP contribution in [0.25, 0.3) is 0 Å². The fraction of sp³-hybridized carbons (Fsp3) is 0.158. The summed E-state index contributed by atoms with van der Waals surface area (Å²) in [5.41, 5.74) is 1.07. The molecule has 0 spiro atoms. The summed E-state index contributed by atoms with van der Waals surface area (Å²) in [5, 5.41) is 6.79. The molecule has 0 saturated heterocycles. The molecule has 2 aromatic carbocycles. The molecule has 3 rings (SSSR count). The van der Waals surface area contributed by atoms with E-state index < -0.39 is 12.5 Å². The Morgan fingerprint density at radius 3 is 2.71 bits per heavy atom. The van der Waals surface area contributed by atoms with Crippen molar-refractivity contribution < 1.29 is 22.7 Å². The average molecular weight is 454 g/mol. The molecule has 0 unspecified atom stereocenters. The van der Waals surface area contributed by atoms with Crippen molar-refractivity contribution >= 4 is 27.7 Å². The third kappa shape index (κ3) is 4.72. The molecule has 0 atom stereocenters. The van der Waals surface area contributed by atoms with Gasteiger partial charge in [-0.2, -0.15) is 13.9 Å². The maximum Gasteiger partial charge on any atom is 0.387 e. The number of carbonyl (C=O) groups is 1. The number of benzene rings is 2. The first kappa shape index (κ1) is 19.9. The molecule has 28 heavy (non-hydrogen) atoms. The molecule has 0 bridgehead atoms. The minimum atomic E-state index is -3.06. The smallest absolute Gasteiger partial charge is 0.387 e. The predicted octanol–water partition coefficient (Wildman–Crippen LogP) is 5.00. The Bertz CT molecular complexity index is 1010. The van der Waals surface area contributed by atoms with E-state index in [-0.39, 0.29) is 29.5 Å². The van der Waals surface area contributed by atoms with Crippen LogP contribution < -0.4 is 10.1 Å². The lowest BCUT2D eigenvalue weighted by Crippen LogP contribution is -2.16. The molecule has 146 valence electrons. The van der Waals surface area contributed by atoms with Crippen molar-refractivity contribution in [1.82, 2.24) is 9.78 Å². The molecule has 0 aliphatic rings. The fourth-order valence-electron chi connectivity index (χ4n) is 2.58. The van der Waals surface area contributed by atoms with E-state index in [1.54, 1.807) is 31.2 Å². The summed E-state index contributed by atoms with van der Waals surface area (Å²) in [7, 11) is 0. The number of anilines is 1. The molecule has 0 aliphatic heterocycles. The van der Waals surface area contributed by atoms with Crippen LogP contribution in [0.1, 0.15) is 21.6 Å². The monoisotopic (exact) mass is 453 g/mol. The molecule has 0 radical (unpaired) electrons. The van der Waals surface area contributed by atoms with Gasteiger partial charge in [-0.15, -0.1) is 0 Å². The van der Waals surface area contributed by atoms with Gasteiger partial charge >= 0.3 is 6.61 Å². The van der Waals surface area contributed by atoms with Crippen LogP contribution in [0.15, 0.2) is 53.0 Å². The van der Waals surface area contributed by atoms with Crippen LogP contribution in [0.3, 0.4) is 0 Å². The summed E-state index contributed by atoms with van der Waals surface area (Å²) >= 11 is 3.20. The molecule has 1 aromatic heterocycles. The highest BCUT2D eigenvalue weighted by Crippen LogP contribution is 2.26. The van der Waals surface area contributed by atoms with E-state index in [4.69, 9.17) is 0 Å². The Morgan fingerprint density at radius 2 is 2.00 bits per heavy atom. The largest absolute Gasteiger partial charge is 0.434 e. The van der Waals surface area contributed by atoms with Crippen LogP contribution in [0.5, 0.6) is 5.75 Å². The molecule has 0 saturated carbocycles. The first-order chi connectivity index (χ1) is 13.3. The lowest BCUT2D eigenvalue weighted by atomic mass is 10.2. The zero-order chi connectivity index (χ0) is 20.3. The summed E-state index contributed by atoms with van der Waals surface area (Å²) in [6, 6.07) is 12.0. The number of nitrogens with one attached hydrogen (secondary N) is 1. The van der Waals surface area contributed by atoms with Crippen LogP contribution in [-0.4, -0.2) is 22.3 Å². The van der Waals surface area contributed by atoms with Crippen LogP contribution in [-0.2, 0) is 6.54 Å². The van der Waals surface area contributed by atoms with E-state index in [0.29, 0.717) is 15.7 Å². The molecule has 1 heterocycles. The second kappa shape index (κ2) is 8.47. The highest BCUT2D eigenvalue weighted by atomic mass is 79.9. The number of hydrogen-bond acceptors (Lipinski definition) is 3. The van der Waals surface area contributed by atoms with Crippen molar-refractivity contribution in [3.63, 3.8) is 0 Å². The third-order valence-electron chi connectivity index (χ3n) is 3.90. The molecule has 1 N–H and O–H groups in total. The van der Waals surface area contributed by atoms with Gasteiger partial charge in [0.1, 0.15) is 11.6 Å². The number of aromatic nitrogens is 2. The minimum Gasteiger partial charge on any atom is -0.434 e. The van der Waals surface area contributed by atoms with E-state index in [1.165, 1.54) is 28.9 Å². The maximum absolute atomic E-state index is 13.8. The molecular weight excluding hydrogens is 439 g/mol. The van der Waals surface area contributed by atoms with Gasteiger partial charge in [-0.05, 0) is 31.2 Å². The number of nitrogens with zero attached hydrogens (tertiary/aromatic N) is 2. The number of ether oxygens (including phenoxy) is 1. The number of carbonyl (C=O) groups excluding carboxylic acids is 1. The number of halogens is 4. The molecule has 0 fully saturated rings. The first-order valence-corrected chi connectivity index (χ1v) is 8.96. The number of alkyl halides is 2. The Hall–Kier alpha value is -2.81. The van der Waals surface area contributed by atoms with Crippen molar-refractivity contribution in [1.29, 1.82) is 0 Å². The average Bonchev–Trinajstić information content (AvgIpc) is 2.97. The number of rotatable bonds is 6. The number of amides is 1. The molecule has 3 aromatic rings. The highest BCUT2D eigenvalue weighted by molar-refractivity contribution is 9.10. The Labute approximate surface area is 167 Å². The predicted molar refractivity (Wildman–Crippen MR) is 101 cm³/mol. The summed E-state index contributed by atoms with van der Waals surface area (Å²) in [6.07, 6.45) is 0. The Morgan fingerprint density at radius 1 is 1.25 bits per heavy atom. The molecule has 9 heteroatoms. The second-order valence-corrected chi connectivity index (χ2v) is 6.81. The quantitative estimate of drug-likeness (QED) is 0.571. The highest BCUT2D eigenvalue weighted by Gasteiger charge is 2.18. The number of aryl methyl sites for hydroxylation is 1. The van der Waals surface area contributed by atoms with Crippen LogP contribution in [0.4, 0.5) is 19.0 Å². The van der Waals surface area contributed by atoms with Gasteiger partial charge < -0.3 is 10.1 Å². The molecule has 5 nitrogen and oxygen atoms in total. The van der Waals surface area contributed by atoms with Crippen molar-refractivity contribution in [2.45, 2.75) is 20.1 Å². The van der Waals surface area contributed by atoms with Gasteiger partial charge in [0.05, 0.1) is 12.1 Å².